The topological polar surface area (TPSA) is 46.5 Å². The largest absolute Gasteiger partial charge is 0.507 e. The highest BCUT2D eigenvalue weighted by Crippen LogP contribution is 2.29. The van der Waals surface area contributed by atoms with Gasteiger partial charge in [0, 0.05) is 5.56 Å². The van der Waals surface area contributed by atoms with E-state index in [1.54, 1.807) is 24.3 Å². The molecule has 0 unspecified atom stereocenters. The molecule has 4 heteroatoms. The molecule has 2 aromatic rings. The van der Waals surface area contributed by atoms with Gasteiger partial charge in [-0.2, -0.15) is 0 Å². The Hall–Kier alpha value is -2.36. The van der Waals surface area contributed by atoms with Crippen LogP contribution >= 0.6 is 0 Å². The number of ether oxygens (including phenoxy) is 1. The van der Waals surface area contributed by atoms with E-state index in [-0.39, 0.29) is 11.3 Å². The van der Waals surface area contributed by atoms with Crippen LogP contribution in [0.15, 0.2) is 42.5 Å². The molecule has 18 heavy (non-hydrogen) atoms. The van der Waals surface area contributed by atoms with E-state index < -0.39 is 11.8 Å². The summed E-state index contributed by atoms with van der Waals surface area (Å²) in [5, 5.41) is 9.67. The molecule has 0 spiro atoms. The number of carbonyl (C=O) groups excluding carboxylic acids is 1. The minimum atomic E-state index is -0.726. The second-order valence-corrected chi connectivity index (χ2v) is 3.70. The number of benzene rings is 2. The van der Waals surface area contributed by atoms with Crippen molar-refractivity contribution in [3.63, 3.8) is 0 Å². The summed E-state index contributed by atoms with van der Waals surface area (Å²) in [6.07, 6.45) is 0. The Labute approximate surface area is 103 Å². The van der Waals surface area contributed by atoms with Crippen LogP contribution in [0.4, 0.5) is 4.39 Å². The third-order valence-corrected chi connectivity index (χ3v) is 2.59. The molecular formula is C14H11FO3. The number of phenols is 1. The predicted molar refractivity (Wildman–Crippen MR) is 64.8 cm³/mol. The van der Waals surface area contributed by atoms with Gasteiger partial charge in [-0.05, 0) is 23.8 Å². The van der Waals surface area contributed by atoms with Gasteiger partial charge in [0.2, 0.25) is 0 Å². The fraction of sp³-hybridized carbons (Fsp3) is 0.0714. The highest BCUT2D eigenvalue weighted by atomic mass is 19.1. The Morgan fingerprint density at radius 3 is 2.56 bits per heavy atom. The first-order valence-corrected chi connectivity index (χ1v) is 5.29. The van der Waals surface area contributed by atoms with E-state index >= 15 is 0 Å². The second-order valence-electron chi connectivity index (χ2n) is 3.70. The van der Waals surface area contributed by atoms with Crippen molar-refractivity contribution in [2.75, 3.05) is 7.11 Å². The molecule has 0 fully saturated rings. The summed E-state index contributed by atoms with van der Waals surface area (Å²) in [7, 11) is 1.19. The summed E-state index contributed by atoms with van der Waals surface area (Å²) in [6, 6.07) is 10.7. The van der Waals surface area contributed by atoms with Crippen LogP contribution < -0.4 is 0 Å². The molecule has 0 radical (unpaired) electrons. The van der Waals surface area contributed by atoms with E-state index in [0.29, 0.717) is 11.1 Å². The zero-order chi connectivity index (χ0) is 13.1. The number of hydrogen-bond donors (Lipinski definition) is 1. The number of rotatable bonds is 2. The number of halogens is 1. The molecule has 0 saturated carbocycles. The maximum absolute atomic E-state index is 13.7. The van der Waals surface area contributed by atoms with E-state index in [4.69, 9.17) is 0 Å². The van der Waals surface area contributed by atoms with Gasteiger partial charge in [-0.1, -0.05) is 24.3 Å². The summed E-state index contributed by atoms with van der Waals surface area (Å²) in [6.45, 7) is 0. The van der Waals surface area contributed by atoms with Crippen LogP contribution in [0.2, 0.25) is 0 Å². The van der Waals surface area contributed by atoms with Gasteiger partial charge in [0.1, 0.15) is 11.6 Å². The number of carbonyl (C=O) groups is 1. The third kappa shape index (κ3) is 2.18. The fourth-order valence-electron chi connectivity index (χ4n) is 1.68. The number of para-hydroxylation sites is 1. The smallest absolute Gasteiger partial charge is 0.340 e. The standard InChI is InChI=1S/C14H11FO3/c1-18-14(17)11-7-6-9(8-12(11)15)10-4-2-3-5-13(10)16/h2-8,16H,1H3. The van der Waals surface area contributed by atoms with Gasteiger partial charge in [-0.25, -0.2) is 9.18 Å². The molecule has 92 valence electrons. The summed E-state index contributed by atoms with van der Waals surface area (Å²) in [4.78, 5) is 11.2. The van der Waals surface area contributed by atoms with E-state index in [2.05, 4.69) is 4.74 Å². The Morgan fingerprint density at radius 2 is 1.94 bits per heavy atom. The zero-order valence-corrected chi connectivity index (χ0v) is 9.68. The predicted octanol–water partition coefficient (Wildman–Crippen LogP) is 2.98. The average Bonchev–Trinajstić information content (AvgIpc) is 2.38. The van der Waals surface area contributed by atoms with Gasteiger partial charge >= 0.3 is 5.97 Å². The number of phenolic OH excluding ortho intramolecular Hbond substituents is 1. The highest BCUT2D eigenvalue weighted by Gasteiger charge is 2.13. The molecule has 1 N–H and O–H groups in total. The maximum Gasteiger partial charge on any atom is 0.340 e. The lowest BCUT2D eigenvalue weighted by molar-refractivity contribution is 0.0595. The van der Waals surface area contributed by atoms with E-state index in [1.165, 1.54) is 25.3 Å². The summed E-state index contributed by atoms with van der Waals surface area (Å²) >= 11 is 0. The molecule has 0 aliphatic rings. The van der Waals surface area contributed by atoms with E-state index in [9.17, 15) is 14.3 Å². The molecule has 0 aliphatic carbocycles. The number of esters is 1. The first-order valence-electron chi connectivity index (χ1n) is 5.29. The Morgan fingerprint density at radius 1 is 1.22 bits per heavy atom. The molecule has 2 rings (SSSR count). The van der Waals surface area contributed by atoms with E-state index in [0.717, 1.165) is 0 Å². The first kappa shape index (κ1) is 12.1. The van der Waals surface area contributed by atoms with Crippen LogP contribution in [0.3, 0.4) is 0 Å². The second kappa shape index (κ2) is 4.87. The van der Waals surface area contributed by atoms with Crippen LogP contribution in [0.5, 0.6) is 5.75 Å². The summed E-state index contributed by atoms with van der Waals surface area (Å²) < 4.78 is 18.2. The van der Waals surface area contributed by atoms with Gasteiger partial charge < -0.3 is 9.84 Å². The SMILES string of the molecule is COC(=O)c1ccc(-c2ccccc2O)cc1F. The summed E-state index contributed by atoms with van der Waals surface area (Å²) in [5.41, 5.74) is 0.878. The van der Waals surface area contributed by atoms with Crippen molar-refractivity contribution < 1.29 is 19.0 Å². The van der Waals surface area contributed by atoms with Crippen molar-refractivity contribution in [3.8, 4) is 16.9 Å². The molecule has 0 saturated heterocycles. The Bertz CT molecular complexity index is 593. The quantitative estimate of drug-likeness (QED) is 0.828. The molecule has 0 heterocycles. The number of aromatic hydroxyl groups is 1. The van der Waals surface area contributed by atoms with Gasteiger partial charge in [-0.3, -0.25) is 0 Å². The normalized spacial score (nSPS) is 10.1. The fourth-order valence-corrected chi connectivity index (χ4v) is 1.68. The van der Waals surface area contributed by atoms with Crippen molar-refractivity contribution >= 4 is 5.97 Å². The minimum Gasteiger partial charge on any atom is -0.507 e. The third-order valence-electron chi connectivity index (χ3n) is 2.59. The van der Waals surface area contributed by atoms with Crippen molar-refractivity contribution in [1.82, 2.24) is 0 Å². The van der Waals surface area contributed by atoms with Crippen LogP contribution in [0, 0.1) is 5.82 Å². The van der Waals surface area contributed by atoms with Crippen molar-refractivity contribution in [2.45, 2.75) is 0 Å². The molecule has 0 bridgehead atoms. The molecule has 0 amide bonds. The lowest BCUT2D eigenvalue weighted by Gasteiger charge is -2.06. The van der Waals surface area contributed by atoms with Gasteiger partial charge in [0.25, 0.3) is 0 Å². The van der Waals surface area contributed by atoms with Crippen LogP contribution in [0.1, 0.15) is 10.4 Å². The minimum absolute atomic E-state index is 0.0581. The number of hydrogen-bond acceptors (Lipinski definition) is 3. The zero-order valence-electron chi connectivity index (χ0n) is 9.68. The average molecular weight is 246 g/mol. The van der Waals surface area contributed by atoms with Crippen LogP contribution in [0.25, 0.3) is 11.1 Å². The van der Waals surface area contributed by atoms with Gasteiger partial charge in [0.05, 0.1) is 12.7 Å². The molecule has 0 aromatic heterocycles. The molecule has 0 atom stereocenters. The Kier molecular flexibility index (Phi) is 3.28. The monoisotopic (exact) mass is 246 g/mol. The molecule has 3 nitrogen and oxygen atoms in total. The van der Waals surface area contributed by atoms with Crippen molar-refractivity contribution in [3.05, 3.63) is 53.8 Å². The van der Waals surface area contributed by atoms with Gasteiger partial charge in [-0.15, -0.1) is 0 Å². The highest BCUT2D eigenvalue weighted by molar-refractivity contribution is 5.90. The Balaban J connectivity index is 2.47. The first-order chi connectivity index (χ1) is 8.63. The lowest BCUT2D eigenvalue weighted by Crippen LogP contribution is -2.04. The van der Waals surface area contributed by atoms with Crippen LogP contribution in [-0.4, -0.2) is 18.2 Å². The molecule has 2 aromatic carbocycles. The van der Waals surface area contributed by atoms with E-state index in [1.807, 2.05) is 0 Å². The maximum atomic E-state index is 13.7. The van der Waals surface area contributed by atoms with Crippen molar-refractivity contribution in [2.24, 2.45) is 0 Å². The molecular weight excluding hydrogens is 235 g/mol. The molecule has 0 aliphatic heterocycles. The summed E-state index contributed by atoms with van der Waals surface area (Å²) in [5.74, 6) is -1.35. The van der Waals surface area contributed by atoms with Crippen LogP contribution in [-0.2, 0) is 4.74 Å². The van der Waals surface area contributed by atoms with Crippen molar-refractivity contribution in [1.29, 1.82) is 0 Å². The number of methoxy groups -OCH3 is 1. The van der Waals surface area contributed by atoms with Gasteiger partial charge in [0.15, 0.2) is 0 Å². The lowest BCUT2D eigenvalue weighted by atomic mass is 10.0.